The average molecular weight is 425 g/mol. The third-order valence-electron chi connectivity index (χ3n) is 6.86. The van der Waals surface area contributed by atoms with Crippen LogP contribution >= 0.6 is 0 Å². The third-order valence-corrected chi connectivity index (χ3v) is 6.86. The van der Waals surface area contributed by atoms with Gasteiger partial charge in [0, 0.05) is 11.8 Å². The zero-order chi connectivity index (χ0) is 22.4. The second-order valence-corrected chi connectivity index (χ2v) is 8.73. The molecule has 2 nitrogen and oxygen atoms in total. The summed E-state index contributed by atoms with van der Waals surface area (Å²) in [6.07, 6.45) is 1.89. The van der Waals surface area contributed by atoms with Gasteiger partial charge in [-0.15, -0.1) is 0 Å². The van der Waals surface area contributed by atoms with Crippen molar-refractivity contribution in [1.82, 2.24) is 9.97 Å². The van der Waals surface area contributed by atoms with Gasteiger partial charge in [0.15, 0.2) is 0 Å². The number of hydrogen-bond acceptors (Lipinski definition) is 2. The number of benzene rings is 3. The highest BCUT2D eigenvalue weighted by atomic mass is 14.8. The van der Waals surface area contributed by atoms with E-state index in [1.807, 2.05) is 18.3 Å². The first kappa shape index (κ1) is 19.6. The van der Waals surface area contributed by atoms with Crippen LogP contribution in [0.25, 0.3) is 22.4 Å². The summed E-state index contributed by atoms with van der Waals surface area (Å²) in [6.45, 7) is 4.41. The Hall–Kier alpha value is -4.04. The zero-order valence-electron chi connectivity index (χ0n) is 18.8. The first-order valence-corrected chi connectivity index (χ1v) is 11.4. The molecule has 6 rings (SSSR count). The number of fused-ring (bicyclic) bond motifs is 3. The van der Waals surface area contributed by atoms with Crippen molar-refractivity contribution in [1.29, 1.82) is 0 Å². The zero-order valence-corrected chi connectivity index (χ0v) is 18.8. The van der Waals surface area contributed by atoms with Gasteiger partial charge in [-0.1, -0.05) is 78.9 Å². The molecule has 1 aliphatic rings. The highest BCUT2D eigenvalue weighted by molar-refractivity contribution is 5.89. The van der Waals surface area contributed by atoms with Gasteiger partial charge in [-0.2, -0.15) is 0 Å². The second-order valence-electron chi connectivity index (χ2n) is 8.73. The van der Waals surface area contributed by atoms with Crippen LogP contribution in [0.5, 0.6) is 0 Å². The molecular weight excluding hydrogens is 400 g/mol. The van der Waals surface area contributed by atoms with Gasteiger partial charge in [0.2, 0.25) is 0 Å². The van der Waals surface area contributed by atoms with Gasteiger partial charge in [-0.25, -0.2) is 0 Å². The summed E-state index contributed by atoms with van der Waals surface area (Å²) in [6, 6.07) is 36.2. The van der Waals surface area contributed by atoms with Crippen molar-refractivity contribution in [2.45, 2.75) is 19.3 Å². The lowest BCUT2D eigenvalue weighted by Crippen LogP contribution is -2.31. The number of rotatable bonds is 3. The Balaban J connectivity index is 1.76. The Bertz CT molecular complexity index is 1420. The van der Waals surface area contributed by atoms with E-state index in [1.54, 1.807) is 0 Å². The number of hydrogen-bond donors (Lipinski definition) is 0. The van der Waals surface area contributed by atoms with Crippen molar-refractivity contribution >= 4 is 0 Å². The van der Waals surface area contributed by atoms with Crippen molar-refractivity contribution in [2.75, 3.05) is 0 Å². The SMILES string of the molecule is Cc1cccc2c1-c1c(C)cccc1C2(c1ccccn1)c1cccc(-c2ccccc2)n1. The largest absolute Gasteiger partial charge is 0.260 e. The molecule has 33 heavy (non-hydrogen) atoms. The fraction of sp³-hybridized carbons (Fsp3) is 0.0968. The molecule has 0 fully saturated rings. The Morgan fingerprint density at radius 2 is 1.15 bits per heavy atom. The summed E-state index contributed by atoms with van der Waals surface area (Å²) in [5.41, 5.74) is 11.2. The Kier molecular flexibility index (Phi) is 4.48. The maximum Gasteiger partial charge on any atom is 0.106 e. The van der Waals surface area contributed by atoms with Gasteiger partial charge >= 0.3 is 0 Å². The molecule has 0 atom stereocenters. The fourth-order valence-corrected chi connectivity index (χ4v) is 5.45. The highest BCUT2D eigenvalue weighted by Gasteiger charge is 2.49. The molecule has 1 aliphatic carbocycles. The molecular formula is C31H24N2. The van der Waals surface area contributed by atoms with Crippen molar-refractivity contribution in [2.24, 2.45) is 0 Å². The maximum absolute atomic E-state index is 5.29. The van der Waals surface area contributed by atoms with Crippen molar-refractivity contribution in [3.05, 3.63) is 143 Å². The Morgan fingerprint density at radius 3 is 1.79 bits per heavy atom. The molecule has 5 aromatic rings. The van der Waals surface area contributed by atoms with E-state index >= 15 is 0 Å². The van der Waals surface area contributed by atoms with Crippen LogP contribution < -0.4 is 0 Å². The normalized spacial score (nSPS) is 13.4. The minimum Gasteiger partial charge on any atom is -0.260 e. The molecule has 0 aliphatic heterocycles. The van der Waals surface area contributed by atoms with Gasteiger partial charge in [0.05, 0.1) is 17.1 Å². The summed E-state index contributed by atoms with van der Waals surface area (Å²) in [7, 11) is 0. The standard InChI is InChI=1S/C31H24N2/c1-21-11-8-15-24-29(21)30-22(2)12-9-16-25(30)31(24,27-18-6-7-20-32-27)28-19-10-17-26(33-28)23-13-4-3-5-14-23/h3-20H,1-2H3. The molecule has 0 spiro atoms. The van der Waals surface area contributed by atoms with Crippen LogP contribution in [0.4, 0.5) is 0 Å². The number of nitrogens with zero attached hydrogens (tertiary/aromatic N) is 2. The summed E-state index contributed by atoms with van der Waals surface area (Å²) in [4.78, 5) is 10.2. The van der Waals surface area contributed by atoms with Gasteiger partial charge in [-0.3, -0.25) is 9.97 Å². The molecule has 0 radical (unpaired) electrons. The Labute approximate surface area is 194 Å². The summed E-state index contributed by atoms with van der Waals surface area (Å²) >= 11 is 0. The fourth-order valence-electron chi connectivity index (χ4n) is 5.45. The predicted octanol–water partition coefficient (Wildman–Crippen LogP) is 7.12. The van der Waals surface area contributed by atoms with Crippen LogP contribution in [0.2, 0.25) is 0 Å². The number of pyridine rings is 2. The highest BCUT2D eigenvalue weighted by Crippen LogP contribution is 2.56. The van der Waals surface area contributed by atoms with Crippen LogP contribution in [0.15, 0.2) is 109 Å². The van der Waals surface area contributed by atoms with Crippen LogP contribution in [0.1, 0.15) is 33.6 Å². The predicted molar refractivity (Wildman–Crippen MR) is 134 cm³/mol. The smallest absolute Gasteiger partial charge is 0.106 e. The molecule has 2 aromatic heterocycles. The van der Waals surface area contributed by atoms with E-state index in [-0.39, 0.29) is 0 Å². The van der Waals surface area contributed by atoms with E-state index in [2.05, 4.69) is 105 Å². The molecule has 2 heteroatoms. The third kappa shape index (κ3) is 2.81. The summed E-state index contributed by atoms with van der Waals surface area (Å²) in [5, 5.41) is 0. The summed E-state index contributed by atoms with van der Waals surface area (Å²) < 4.78 is 0. The molecule has 158 valence electrons. The molecule has 2 heterocycles. The molecule has 0 N–H and O–H groups in total. The molecule has 3 aromatic carbocycles. The average Bonchev–Trinajstić information content (AvgIpc) is 3.19. The van der Waals surface area contributed by atoms with Crippen molar-refractivity contribution in [3.8, 4) is 22.4 Å². The quantitative estimate of drug-likeness (QED) is 0.302. The van der Waals surface area contributed by atoms with E-state index in [1.165, 1.54) is 33.4 Å². The van der Waals surface area contributed by atoms with E-state index in [9.17, 15) is 0 Å². The van der Waals surface area contributed by atoms with Gasteiger partial charge in [0.25, 0.3) is 0 Å². The topological polar surface area (TPSA) is 25.8 Å². The van der Waals surface area contributed by atoms with Gasteiger partial charge in [-0.05, 0) is 71.5 Å². The Morgan fingerprint density at radius 1 is 0.545 bits per heavy atom. The van der Waals surface area contributed by atoms with Crippen LogP contribution in [0, 0.1) is 13.8 Å². The van der Waals surface area contributed by atoms with E-state index in [0.717, 1.165) is 22.6 Å². The first-order valence-electron chi connectivity index (χ1n) is 11.4. The summed E-state index contributed by atoms with van der Waals surface area (Å²) in [5.74, 6) is 0. The number of aryl methyl sites for hydroxylation is 2. The second kappa shape index (κ2) is 7.53. The van der Waals surface area contributed by atoms with E-state index in [0.29, 0.717) is 0 Å². The monoisotopic (exact) mass is 424 g/mol. The van der Waals surface area contributed by atoms with Crippen LogP contribution in [-0.2, 0) is 5.41 Å². The van der Waals surface area contributed by atoms with Crippen molar-refractivity contribution in [3.63, 3.8) is 0 Å². The van der Waals surface area contributed by atoms with Crippen LogP contribution in [-0.4, -0.2) is 9.97 Å². The van der Waals surface area contributed by atoms with Crippen molar-refractivity contribution < 1.29 is 0 Å². The van der Waals surface area contributed by atoms with Gasteiger partial charge < -0.3 is 0 Å². The lowest BCUT2D eigenvalue weighted by atomic mass is 9.71. The molecule has 0 saturated carbocycles. The number of aromatic nitrogens is 2. The van der Waals surface area contributed by atoms with E-state index < -0.39 is 5.41 Å². The van der Waals surface area contributed by atoms with E-state index in [4.69, 9.17) is 9.97 Å². The molecule has 0 bridgehead atoms. The molecule has 0 amide bonds. The first-order chi connectivity index (χ1) is 16.2. The van der Waals surface area contributed by atoms with Crippen LogP contribution in [0.3, 0.4) is 0 Å². The lowest BCUT2D eigenvalue weighted by Gasteiger charge is -2.32. The minimum absolute atomic E-state index is 0.575. The minimum atomic E-state index is -0.575. The molecule has 0 saturated heterocycles. The maximum atomic E-state index is 5.29. The van der Waals surface area contributed by atoms with Gasteiger partial charge in [0.1, 0.15) is 5.41 Å². The lowest BCUT2D eigenvalue weighted by molar-refractivity contribution is 0.706. The molecule has 0 unspecified atom stereocenters.